The lowest BCUT2D eigenvalue weighted by Crippen LogP contribution is -2.28. The summed E-state index contributed by atoms with van der Waals surface area (Å²) >= 11 is 0. The first kappa shape index (κ1) is 86.0. The van der Waals surface area contributed by atoms with Crippen LogP contribution in [0.4, 0.5) is 0 Å². The van der Waals surface area contributed by atoms with Crippen LogP contribution in [-0.2, 0) is 19.1 Å². The first-order valence-electron chi connectivity index (χ1n) is 38.7. The molecule has 516 valence electrons. The second-order valence-corrected chi connectivity index (χ2v) is 25.7. The van der Waals surface area contributed by atoms with Crippen molar-refractivity contribution in [2.75, 3.05) is 13.2 Å². The number of ether oxygens (including phenoxy) is 2. The molecule has 0 radical (unpaired) electrons. The predicted molar refractivity (Wildman–Crippen MR) is 398 cm³/mol. The highest BCUT2D eigenvalue weighted by Gasteiger charge is 2.16. The highest BCUT2D eigenvalue weighted by Crippen LogP contribution is 2.19. The van der Waals surface area contributed by atoms with Gasteiger partial charge in [0.1, 0.15) is 6.61 Å². The minimum absolute atomic E-state index is 0.0651. The van der Waals surface area contributed by atoms with Crippen LogP contribution in [0.25, 0.3) is 0 Å². The van der Waals surface area contributed by atoms with E-state index in [2.05, 4.69) is 148 Å². The Balaban J connectivity index is 3.42. The van der Waals surface area contributed by atoms with Gasteiger partial charge in [-0.25, -0.2) is 0 Å². The van der Waals surface area contributed by atoms with E-state index in [1.54, 1.807) is 0 Å². The van der Waals surface area contributed by atoms with Gasteiger partial charge in [-0.05, 0) is 109 Å². The summed E-state index contributed by atoms with van der Waals surface area (Å²) in [5.74, 6) is -0.575. The molecule has 1 N–H and O–H groups in total. The van der Waals surface area contributed by atoms with E-state index >= 15 is 0 Å². The normalized spacial score (nSPS) is 13.0. The van der Waals surface area contributed by atoms with E-state index in [4.69, 9.17) is 9.47 Å². The molecule has 0 saturated heterocycles. The molecule has 0 amide bonds. The van der Waals surface area contributed by atoms with E-state index in [0.717, 1.165) is 109 Å². The monoisotopic (exact) mass is 1250 g/mol. The molecule has 0 bridgehead atoms. The SMILES string of the molecule is CC/C=C\C/C=C\C/C=C\C/C=C\C/C=C\C/C=C\CCCCCCCCCCCCCCCCCCCCC(=O)OC(CO)COC(=O)CCCCCCCCCCCCCCCCCCCCCCCCC/C=C\C/C=C\C/C=C\C/C=C\C/C=C\CC. The van der Waals surface area contributed by atoms with Gasteiger partial charge in [-0.15, -0.1) is 0 Å². The third-order valence-corrected chi connectivity index (χ3v) is 16.9. The van der Waals surface area contributed by atoms with Gasteiger partial charge in [0, 0.05) is 12.8 Å². The lowest BCUT2D eigenvalue weighted by Gasteiger charge is -2.15. The van der Waals surface area contributed by atoms with Crippen LogP contribution < -0.4 is 0 Å². The third kappa shape index (κ3) is 76.5. The summed E-state index contributed by atoms with van der Waals surface area (Å²) in [5.41, 5.74) is 0. The summed E-state index contributed by atoms with van der Waals surface area (Å²) in [6, 6.07) is 0. The number of carbonyl (C=O) groups excluding carboxylic acids is 2. The first-order valence-corrected chi connectivity index (χ1v) is 38.7. The number of carbonyl (C=O) groups is 2. The molecule has 0 aromatic heterocycles. The molecule has 0 aliphatic carbocycles. The molecule has 0 heterocycles. The molecule has 0 aromatic carbocycles. The van der Waals surface area contributed by atoms with E-state index in [1.807, 2.05) is 0 Å². The Morgan fingerprint density at radius 3 is 0.667 bits per heavy atom. The number of hydrogen-bond donors (Lipinski definition) is 1. The van der Waals surface area contributed by atoms with E-state index < -0.39 is 6.10 Å². The summed E-state index contributed by atoms with van der Waals surface area (Å²) in [5, 5.41) is 9.73. The van der Waals surface area contributed by atoms with Crippen molar-refractivity contribution in [3.63, 3.8) is 0 Å². The van der Waals surface area contributed by atoms with Crippen molar-refractivity contribution >= 4 is 11.9 Å². The average molecular weight is 1250 g/mol. The number of rotatable bonds is 71. The van der Waals surface area contributed by atoms with Crippen LogP contribution in [0.2, 0.25) is 0 Å². The standard InChI is InChI=1S/C85H146O5/c1-3-5-7-9-11-13-15-17-19-21-23-25-27-29-31-33-35-37-39-41-42-44-45-47-49-51-53-55-57-59-61-63-65-67-69-71-73-75-77-79-84(87)89-82-83(81-86)90-85(88)80-78-76-74-72-70-68-66-64-62-60-58-56-54-52-50-48-46-43-40-38-36-34-32-30-28-26-24-22-20-18-16-14-12-10-8-6-4-2/h5-8,11-14,17-20,23-26,29-32,36,38,83,86H,3-4,9-10,15-16,21-22,27-28,33-35,37,39-82H2,1-2H3/b7-5-,8-6-,13-11-,14-12-,19-17-,20-18-,25-23-,26-24-,31-29-,32-30-,38-36-. The topological polar surface area (TPSA) is 72.8 Å². The molecular weight excluding hydrogens is 1100 g/mol. The molecule has 1 unspecified atom stereocenters. The van der Waals surface area contributed by atoms with Crippen LogP contribution in [-0.4, -0.2) is 36.4 Å². The van der Waals surface area contributed by atoms with E-state index in [9.17, 15) is 14.7 Å². The number of esters is 2. The fraction of sp³-hybridized carbons (Fsp3) is 0.718. The largest absolute Gasteiger partial charge is 0.462 e. The highest BCUT2D eigenvalue weighted by atomic mass is 16.6. The molecule has 5 heteroatoms. The van der Waals surface area contributed by atoms with E-state index in [0.29, 0.717) is 12.8 Å². The van der Waals surface area contributed by atoms with Crippen LogP contribution >= 0.6 is 0 Å². The van der Waals surface area contributed by atoms with Gasteiger partial charge in [-0.2, -0.15) is 0 Å². The fourth-order valence-electron chi connectivity index (χ4n) is 11.2. The smallest absolute Gasteiger partial charge is 0.306 e. The van der Waals surface area contributed by atoms with Crippen LogP contribution in [0.5, 0.6) is 0 Å². The molecule has 0 spiro atoms. The molecule has 0 aromatic rings. The molecule has 0 fully saturated rings. The summed E-state index contributed by atoms with van der Waals surface area (Å²) in [6.45, 7) is 3.95. The zero-order valence-electron chi connectivity index (χ0n) is 59.4. The third-order valence-electron chi connectivity index (χ3n) is 16.9. The Hall–Kier alpha value is -3.96. The maximum Gasteiger partial charge on any atom is 0.306 e. The molecule has 5 nitrogen and oxygen atoms in total. The number of hydrogen-bond acceptors (Lipinski definition) is 5. The number of allylic oxidation sites excluding steroid dienone is 22. The van der Waals surface area contributed by atoms with Gasteiger partial charge in [0.2, 0.25) is 0 Å². The van der Waals surface area contributed by atoms with Crippen LogP contribution in [0.3, 0.4) is 0 Å². The quantitative estimate of drug-likeness (QED) is 0.0373. The van der Waals surface area contributed by atoms with Crippen molar-refractivity contribution < 1.29 is 24.2 Å². The van der Waals surface area contributed by atoms with E-state index in [1.165, 1.54) is 238 Å². The maximum atomic E-state index is 12.4. The van der Waals surface area contributed by atoms with Gasteiger partial charge in [-0.3, -0.25) is 9.59 Å². The number of aliphatic hydroxyl groups excluding tert-OH is 1. The lowest BCUT2D eigenvalue weighted by molar-refractivity contribution is -0.161. The summed E-state index contributed by atoms with van der Waals surface area (Å²) in [7, 11) is 0. The molecule has 0 aliphatic rings. The molecule has 0 aliphatic heterocycles. The second-order valence-electron chi connectivity index (χ2n) is 25.7. The van der Waals surface area contributed by atoms with E-state index in [-0.39, 0.29) is 25.2 Å². The van der Waals surface area contributed by atoms with Crippen molar-refractivity contribution in [1.29, 1.82) is 0 Å². The van der Waals surface area contributed by atoms with Gasteiger partial charge >= 0.3 is 11.9 Å². The maximum absolute atomic E-state index is 12.4. The first-order chi connectivity index (χ1) is 44.6. The second kappa shape index (κ2) is 79.3. The molecule has 90 heavy (non-hydrogen) atoms. The van der Waals surface area contributed by atoms with Gasteiger partial charge < -0.3 is 14.6 Å². The number of aliphatic hydroxyl groups is 1. The Morgan fingerprint density at radius 1 is 0.256 bits per heavy atom. The fourth-order valence-corrected chi connectivity index (χ4v) is 11.2. The number of unbranched alkanes of at least 4 members (excludes halogenated alkanes) is 41. The van der Waals surface area contributed by atoms with Crippen LogP contribution in [0.1, 0.15) is 373 Å². The highest BCUT2D eigenvalue weighted by molar-refractivity contribution is 5.70. The Kier molecular flexibility index (Phi) is 75.8. The molecular formula is C85H146O5. The predicted octanol–water partition coefficient (Wildman–Crippen LogP) is 27.4. The zero-order valence-corrected chi connectivity index (χ0v) is 59.4. The Bertz CT molecular complexity index is 1800. The average Bonchev–Trinajstić information content (AvgIpc) is 3.62. The van der Waals surface area contributed by atoms with Crippen molar-refractivity contribution in [2.24, 2.45) is 0 Å². The van der Waals surface area contributed by atoms with Gasteiger partial charge in [0.15, 0.2) is 6.10 Å². The van der Waals surface area contributed by atoms with Crippen molar-refractivity contribution in [1.82, 2.24) is 0 Å². The minimum Gasteiger partial charge on any atom is -0.462 e. The molecule has 0 rings (SSSR count). The van der Waals surface area contributed by atoms with Crippen molar-refractivity contribution in [3.8, 4) is 0 Å². The molecule has 0 saturated carbocycles. The van der Waals surface area contributed by atoms with Crippen LogP contribution in [0.15, 0.2) is 134 Å². The summed E-state index contributed by atoms with van der Waals surface area (Å²) in [6.07, 6.45) is 118. The zero-order chi connectivity index (χ0) is 64.7. The van der Waals surface area contributed by atoms with Crippen molar-refractivity contribution in [3.05, 3.63) is 134 Å². The molecule has 1 atom stereocenters. The van der Waals surface area contributed by atoms with Gasteiger partial charge in [0.05, 0.1) is 6.61 Å². The minimum atomic E-state index is -0.777. The van der Waals surface area contributed by atoms with Gasteiger partial charge in [-0.1, -0.05) is 385 Å². The Morgan fingerprint density at radius 2 is 0.444 bits per heavy atom. The Labute approximate surface area is 559 Å². The van der Waals surface area contributed by atoms with Crippen molar-refractivity contribution in [2.45, 2.75) is 380 Å². The van der Waals surface area contributed by atoms with Crippen LogP contribution in [0, 0.1) is 0 Å². The lowest BCUT2D eigenvalue weighted by atomic mass is 10.0. The van der Waals surface area contributed by atoms with Gasteiger partial charge in [0.25, 0.3) is 0 Å². The summed E-state index contributed by atoms with van der Waals surface area (Å²) < 4.78 is 10.8. The summed E-state index contributed by atoms with van der Waals surface area (Å²) in [4.78, 5) is 24.7.